The number of para-hydroxylation sites is 2. The van der Waals surface area contributed by atoms with Crippen LogP contribution in [0, 0.1) is 0 Å². The molecule has 0 amide bonds. The Bertz CT molecular complexity index is 839. The number of ketones is 1. The third-order valence-electron chi connectivity index (χ3n) is 3.43. The van der Waals surface area contributed by atoms with Crippen LogP contribution in [0.5, 0.6) is 0 Å². The van der Waals surface area contributed by atoms with Crippen LogP contribution in [0.2, 0.25) is 0 Å². The first-order valence-corrected chi connectivity index (χ1v) is 8.03. The van der Waals surface area contributed by atoms with Crippen molar-refractivity contribution in [3.63, 3.8) is 0 Å². The Kier molecular flexibility index (Phi) is 3.95. The predicted octanol–water partition coefficient (Wildman–Crippen LogP) is 4.52. The molecule has 3 rings (SSSR count). The molecule has 1 aromatic heterocycles. The molecule has 0 spiro atoms. The van der Waals surface area contributed by atoms with Gasteiger partial charge in [0, 0.05) is 21.6 Å². The summed E-state index contributed by atoms with van der Waals surface area (Å²) in [5.74, 6) is 0.814. The van der Waals surface area contributed by atoms with E-state index in [1.165, 1.54) is 0 Å². The van der Waals surface area contributed by atoms with Gasteiger partial charge in [-0.1, -0.05) is 44.0 Å². The van der Waals surface area contributed by atoms with E-state index in [4.69, 9.17) is 0 Å². The molecule has 0 aliphatic rings. The summed E-state index contributed by atoms with van der Waals surface area (Å²) in [6.07, 6.45) is 0.278. The van der Waals surface area contributed by atoms with E-state index in [1.807, 2.05) is 54.1 Å². The minimum Gasteiger partial charge on any atom is -0.331 e. The molecule has 0 unspecified atom stereocenters. The van der Waals surface area contributed by atoms with Gasteiger partial charge >= 0.3 is 0 Å². The van der Waals surface area contributed by atoms with Crippen LogP contribution in [0.4, 0.5) is 0 Å². The quantitative estimate of drug-likeness (QED) is 0.598. The molecule has 21 heavy (non-hydrogen) atoms. The maximum Gasteiger partial charge on any atom is 0.171 e. The van der Waals surface area contributed by atoms with Gasteiger partial charge in [0.05, 0.1) is 17.5 Å². The largest absolute Gasteiger partial charge is 0.331 e. The van der Waals surface area contributed by atoms with E-state index in [2.05, 4.69) is 36.8 Å². The summed E-state index contributed by atoms with van der Waals surface area (Å²) >= 11 is 6.83. The third kappa shape index (κ3) is 2.80. The lowest BCUT2D eigenvalue weighted by Gasteiger charge is -2.05. The molecule has 106 valence electrons. The molecule has 0 fully saturated rings. The van der Waals surface area contributed by atoms with Gasteiger partial charge in [-0.25, -0.2) is 4.98 Å². The highest BCUT2D eigenvalue weighted by molar-refractivity contribution is 9.11. The van der Waals surface area contributed by atoms with E-state index >= 15 is 0 Å². The molecule has 0 N–H and O–H groups in total. The van der Waals surface area contributed by atoms with E-state index < -0.39 is 0 Å². The van der Waals surface area contributed by atoms with Gasteiger partial charge in [-0.15, -0.1) is 0 Å². The Labute approximate surface area is 139 Å². The highest BCUT2D eigenvalue weighted by Crippen LogP contribution is 2.23. The maximum atomic E-state index is 12.5. The van der Waals surface area contributed by atoms with Crippen LogP contribution in [-0.4, -0.2) is 15.3 Å². The van der Waals surface area contributed by atoms with E-state index in [1.54, 1.807) is 0 Å². The number of Topliss-reactive ketones (excluding diaryl/α,β-unsaturated/α-hetero) is 1. The van der Waals surface area contributed by atoms with Crippen molar-refractivity contribution < 1.29 is 4.79 Å². The minimum absolute atomic E-state index is 0.0431. The van der Waals surface area contributed by atoms with Gasteiger partial charge < -0.3 is 4.57 Å². The number of rotatable bonds is 3. The first-order chi connectivity index (χ1) is 10.1. The van der Waals surface area contributed by atoms with Gasteiger partial charge in [0.1, 0.15) is 5.82 Å². The molecule has 0 radical (unpaired) electrons. The number of hydrogen-bond acceptors (Lipinski definition) is 2. The summed E-state index contributed by atoms with van der Waals surface area (Å²) in [6.45, 7) is 0. The normalized spacial score (nSPS) is 11.0. The average molecular weight is 408 g/mol. The SMILES string of the molecule is Cn1c(CC(=O)c2cc(Br)ccc2Br)nc2ccccc21. The van der Waals surface area contributed by atoms with Gasteiger partial charge in [0.15, 0.2) is 5.78 Å². The Morgan fingerprint density at radius 2 is 1.95 bits per heavy atom. The predicted molar refractivity (Wildman–Crippen MR) is 90.6 cm³/mol. The summed E-state index contributed by atoms with van der Waals surface area (Å²) in [5.41, 5.74) is 2.61. The molecule has 2 aromatic carbocycles. The summed E-state index contributed by atoms with van der Waals surface area (Å²) in [7, 11) is 1.94. The fourth-order valence-corrected chi connectivity index (χ4v) is 3.13. The highest BCUT2D eigenvalue weighted by atomic mass is 79.9. The van der Waals surface area contributed by atoms with E-state index in [0.717, 1.165) is 25.8 Å². The number of aryl methyl sites for hydroxylation is 1. The van der Waals surface area contributed by atoms with Crippen molar-refractivity contribution in [1.82, 2.24) is 9.55 Å². The number of aromatic nitrogens is 2. The molecule has 0 aliphatic heterocycles. The molecule has 3 nitrogen and oxygen atoms in total. The molecular formula is C16H12Br2N2O. The zero-order chi connectivity index (χ0) is 15.0. The first-order valence-electron chi connectivity index (χ1n) is 6.45. The third-order valence-corrected chi connectivity index (χ3v) is 4.61. The molecular weight excluding hydrogens is 396 g/mol. The standard InChI is InChI=1S/C16H12Br2N2O/c1-20-14-5-3-2-4-13(14)19-16(20)9-15(21)11-8-10(17)6-7-12(11)18/h2-8H,9H2,1H3. The molecule has 0 atom stereocenters. The Balaban J connectivity index is 1.96. The first kappa shape index (κ1) is 14.5. The number of nitrogens with zero attached hydrogens (tertiary/aromatic N) is 2. The number of halogens is 2. The summed E-state index contributed by atoms with van der Waals surface area (Å²) in [4.78, 5) is 17.1. The van der Waals surface area contributed by atoms with Crippen molar-refractivity contribution in [2.45, 2.75) is 6.42 Å². The van der Waals surface area contributed by atoms with Crippen LogP contribution >= 0.6 is 31.9 Å². The molecule has 1 heterocycles. The molecule has 0 aliphatic carbocycles. The van der Waals surface area contributed by atoms with Gasteiger partial charge in [-0.05, 0) is 30.3 Å². The second kappa shape index (κ2) is 5.73. The Morgan fingerprint density at radius 1 is 1.19 bits per heavy atom. The smallest absolute Gasteiger partial charge is 0.171 e. The molecule has 0 saturated heterocycles. The van der Waals surface area contributed by atoms with Crippen molar-refractivity contribution >= 4 is 48.7 Å². The van der Waals surface area contributed by atoms with Crippen LogP contribution in [0.1, 0.15) is 16.2 Å². The fraction of sp³-hybridized carbons (Fsp3) is 0.125. The van der Waals surface area contributed by atoms with Gasteiger partial charge in [-0.3, -0.25) is 4.79 Å². The number of imidazole rings is 1. The lowest BCUT2D eigenvalue weighted by Crippen LogP contribution is -2.09. The Morgan fingerprint density at radius 3 is 2.71 bits per heavy atom. The summed E-state index contributed by atoms with van der Waals surface area (Å²) < 4.78 is 3.66. The van der Waals surface area contributed by atoms with Crippen LogP contribution in [0.25, 0.3) is 11.0 Å². The van der Waals surface area contributed by atoms with E-state index in [0.29, 0.717) is 5.56 Å². The van der Waals surface area contributed by atoms with Crippen molar-refractivity contribution in [3.8, 4) is 0 Å². The lowest BCUT2D eigenvalue weighted by molar-refractivity contribution is 0.0989. The number of carbonyl (C=O) groups is 1. The van der Waals surface area contributed by atoms with Crippen LogP contribution in [-0.2, 0) is 13.5 Å². The van der Waals surface area contributed by atoms with E-state index in [-0.39, 0.29) is 12.2 Å². The zero-order valence-electron chi connectivity index (χ0n) is 11.3. The maximum absolute atomic E-state index is 12.5. The van der Waals surface area contributed by atoms with Crippen molar-refractivity contribution in [2.75, 3.05) is 0 Å². The van der Waals surface area contributed by atoms with Crippen molar-refractivity contribution in [2.24, 2.45) is 7.05 Å². The topological polar surface area (TPSA) is 34.9 Å². The van der Waals surface area contributed by atoms with Crippen LogP contribution in [0.15, 0.2) is 51.4 Å². The highest BCUT2D eigenvalue weighted by Gasteiger charge is 2.15. The van der Waals surface area contributed by atoms with Crippen molar-refractivity contribution in [1.29, 1.82) is 0 Å². The van der Waals surface area contributed by atoms with Crippen LogP contribution in [0.3, 0.4) is 0 Å². The monoisotopic (exact) mass is 406 g/mol. The van der Waals surface area contributed by atoms with Crippen molar-refractivity contribution in [3.05, 3.63) is 62.8 Å². The molecule has 3 aromatic rings. The fourth-order valence-electron chi connectivity index (χ4n) is 2.30. The van der Waals surface area contributed by atoms with Gasteiger partial charge in [-0.2, -0.15) is 0 Å². The summed E-state index contributed by atoms with van der Waals surface area (Å²) in [5, 5.41) is 0. The number of carbonyl (C=O) groups excluding carboxylic acids is 1. The van der Waals surface area contributed by atoms with E-state index in [9.17, 15) is 4.79 Å². The molecule has 5 heteroatoms. The van der Waals surface area contributed by atoms with Crippen LogP contribution < -0.4 is 0 Å². The number of fused-ring (bicyclic) bond motifs is 1. The second-order valence-electron chi connectivity index (χ2n) is 4.80. The zero-order valence-corrected chi connectivity index (χ0v) is 14.5. The summed E-state index contributed by atoms with van der Waals surface area (Å²) in [6, 6.07) is 13.5. The van der Waals surface area contributed by atoms with Gasteiger partial charge in [0.25, 0.3) is 0 Å². The molecule has 0 bridgehead atoms. The number of hydrogen-bond donors (Lipinski definition) is 0. The lowest BCUT2D eigenvalue weighted by atomic mass is 10.1. The minimum atomic E-state index is 0.0431. The molecule has 0 saturated carbocycles. The second-order valence-corrected chi connectivity index (χ2v) is 6.57. The van der Waals surface area contributed by atoms with Gasteiger partial charge in [0.2, 0.25) is 0 Å². The number of benzene rings is 2. The Hall–Kier alpha value is -1.46. The average Bonchev–Trinajstić information content (AvgIpc) is 2.78.